The molecule has 0 bridgehead atoms. The monoisotopic (exact) mass is 271 g/mol. The lowest BCUT2D eigenvalue weighted by Gasteiger charge is -2.37. The van der Waals surface area contributed by atoms with Crippen LogP contribution < -0.4 is 0 Å². The van der Waals surface area contributed by atoms with E-state index in [1.54, 1.807) is 4.68 Å². The third kappa shape index (κ3) is 2.71. The summed E-state index contributed by atoms with van der Waals surface area (Å²) in [6, 6.07) is 0. The van der Waals surface area contributed by atoms with E-state index in [9.17, 15) is 5.11 Å². The molecule has 18 heavy (non-hydrogen) atoms. The second-order valence-corrected chi connectivity index (χ2v) is 5.68. The summed E-state index contributed by atoms with van der Waals surface area (Å²) in [5, 5.41) is 15.7. The topological polar surface area (TPSA) is 41.3 Å². The standard InChI is InChI=1S/C13H22ClN3O/c1-4-17-7-5-13(18,6-8-17)9-11-12(14)10(2)15-16(11)3/h18H,4-9H2,1-3H3. The largest absolute Gasteiger partial charge is 0.389 e. The van der Waals surface area contributed by atoms with E-state index in [0.29, 0.717) is 11.4 Å². The summed E-state index contributed by atoms with van der Waals surface area (Å²) in [4.78, 5) is 2.37. The van der Waals surface area contributed by atoms with Crippen molar-refractivity contribution in [2.24, 2.45) is 7.05 Å². The number of aryl methyl sites for hydroxylation is 2. The highest BCUT2D eigenvalue weighted by Crippen LogP contribution is 2.30. The van der Waals surface area contributed by atoms with Crippen molar-refractivity contribution in [2.75, 3.05) is 19.6 Å². The predicted octanol–water partition coefficient (Wildman–Crippen LogP) is 1.77. The smallest absolute Gasteiger partial charge is 0.0848 e. The Morgan fingerprint density at radius 2 is 2.00 bits per heavy atom. The van der Waals surface area contributed by atoms with Gasteiger partial charge in [-0.05, 0) is 26.3 Å². The van der Waals surface area contributed by atoms with Crippen molar-refractivity contribution >= 4 is 11.6 Å². The summed E-state index contributed by atoms with van der Waals surface area (Å²) >= 11 is 6.25. The van der Waals surface area contributed by atoms with Gasteiger partial charge in [-0.15, -0.1) is 0 Å². The molecule has 1 aliphatic heterocycles. The molecule has 0 amide bonds. The molecule has 0 spiro atoms. The fourth-order valence-corrected chi connectivity index (χ4v) is 2.87. The molecule has 0 unspecified atom stereocenters. The predicted molar refractivity (Wildman–Crippen MR) is 73.0 cm³/mol. The van der Waals surface area contributed by atoms with Crippen molar-refractivity contribution in [1.29, 1.82) is 0 Å². The molecule has 0 aromatic carbocycles. The number of aliphatic hydroxyl groups is 1. The van der Waals surface area contributed by atoms with Crippen molar-refractivity contribution in [3.63, 3.8) is 0 Å². The summed E-state index contributed by atoms with van der Waals surface area (Å²) in [6.45, 7) is 7.03. The molecule has 2 heterocycles. The molecule has 0 atom stereocenters. The van der Waals surface area contributed by atoms with Gasteiger partial charge in [-0.1, -0.05) is 18.5 Å². The SMILES string of the molecule is CCN1CCC(O)(Cc2c(Cl)c(C)nn2C)CC1. The Morgan fingerprint density at radius 3 is 2.44 bits per heavy atom. The second kappa shape index (κ2) is 5.19. The summed E-state index contributed by atoms with van der Waals surface area (Å²) in [6.07, 6.45) is 2.21. The van der Waals surface area contributed by atoms with Gasteiger partial charge in [0, 0.05) is 26.6 Å². The number of halogens is 1. The molecule has 1 fully saturated rings. The second-order valence-electron chi connectivity index (χ2n) is 5.31. The van der Waals surface area contributed by atoms with Crippen LogP contribution in [0.3, 0.4) is 0 Å². The molecule has 2 rings (SSSR count). The summed E-state index contributed by atoms with van der Waals surface area (Å²) in [7, 11) is 1.89. The minimum atomic E-state index is -0.629. The Bertz CT molecular complexity index is 422. The van der Waals surface area contributed by atoms with Crippen LogP contribution in [-0.2, 0) is 13.5 Å². The minimum Gasteiger partial charge on any atom is -0.389 e. The molecule has 1 aromatic rings. The Labute approximate surface area is 114 Å². The molecule has 0 aliphatic carbocycles. The highest BCUT2D eigenvalue weighted by molar-refractivity contribution is 6.31. The third-order valence-corrected chi connectivity index (χ3v) is 4.48. The molecule has 4 nitrogen and oxygen atoms in total. The molecular weight excluding hydrogens is 250 g/mol. The Morgan fingerprint density at radius 1 is 1.39 bits per heavy atom. The fourth-order valence-electron chi connectivity index (χ4n) is 2.65. The van der Waals surface area contributed by atoms with Gasteiger partial charge in [0.15, 0.2) is 0 Å². The first-order valence-electron chi connectivity index (χ1n) is 6.58. The van der Waals surface area contributed by atoms with Gasteiger partial charge in [0.05, 0.1) is 22.0 Å². The molecule has 1 aliphatic rings. The number of hydrogen-bond acceptors (Lipinski definition) is 3. The van der Waals surface area contributed by atoms with E-state index in [1.165, 1.54) is 0 Å². The Balaban J connectivity index is 2.09. The average molecular weight is 272 g/mol. The van der Waals surface area contributed by atoms with Crippen LogP contribution in [0.5, 0.6) is 0 Å². The van der Waals surface area contributed by atoms with E-state index in [0.717, 1.165) is 43.9 Å². The van der Waals surface area contributed by atoms with Gasteiger partial charge in [0.25, 0.3) is 0 Å². The van der Waals surface area contributed by atoms with E-state index >= 15 is 0 Å². The number of nitrogens with zero attached hydrogens (tertiary/aromatic N) is 3. The summed E-state index contributed by atoms with van der Waals surface area (Å²) in [5.74, 6) is 0. The lowest BCUT2D eigenvalue weighted by atomic mass is 9.87. The first-order valence-corrected chi connectivity index (χ1v) is 6.95. The molecule has 1 saturated heterocycles. The normalized spacial score (nSPS) is 20.3. The van der Waals surface area contributed by atoms with Crippen molar-refractivity contribution < 1.29 is 5.11 Å². The number of piperidine rings is 1. The van der Waals surface area contributed by atoms with Gasteiger partial charge < -0.3 is 10.0 Å². The zero-order valence-corrected chi connectivity index (χ0v) is 12.2. The maximum Gasteiger partial charge on any atom is 0.0848 e. The van der Waals surface area contributed by atoms with Gasteiger partial charge in [-0.2, -0.15) is 5.10 Å². The van der Waals surface area contributed by atoms with Crippen LogP contribution >= 0.6 is 11.6 Å². The average Bonchev–Trinajstić information content (AvgIpc) is 2.57. The minimum absolute atomic E-state index is 0.598. The quantitative estimate of drug-likeness (QED) is 0.911. The summed E-state index contributed by atoms with van der Waals surface area (Å²) < 4.78 is 1.79. The Kier molecular flexibility index (Phi) is 3.99. The highest BCUT2D eigenvalue weighted by atomic mass is 35.5. The van der Waals surface area contributed by atoms with Crippen LogP contribution in [0.15, 0.2) is 0 Å². The molecule has 102 valence electrons. The van der Waals surface area contributed by atoms with Gasteiger partial charge in [-0.3, -0.25) is 4.68 Å². The molecular formula is C13H22ClN3O. The van der Waals surface area contributed by atoms with Crippen molar-refractivity contribution in [2.45, 2.75) is 38.7 Å². The molecule has 1 aromatic heterocycles. The van der Waals surface area contributed by atoms with Crippen molar-refractivity contribution in [3.8, 4) is 0 Å². The van der Waals surface area contributed by atoms with Gasteiger partial charge in [0.1, 0.15) is 0 Å². The van der Waals surface area contributed by atoms with Crippen molar-refractivity contribution in [1.82, 2.24) is 14.7 Å². The fraction of sp³-hybridized carbons (Fsp3) is 0.769. The van der Waals surface area contributed by atoms with Crippen LogP contribution in [0.4, 0.5) is 0 Å². The number of aromatic nitrogens is 2. The van der Waals surface area contributed by atoms with E-state index < -0.39 is 5.60 Å². The van der Waals surface area contributed by atoms with Crippen LogP contribution in [0.1, 0.15) is 31.2 Å². The zero-order valence-electron chi connectivity index (χ0n) is 11.4. The lowest BCUT2D eigenvalue weighted by molar-refractivity contribution is -0.0206. The number of hydrogen-bond donors (Lipinski definition) is 1. The van der Waals surface area contributed by atoms with E-state index in [-0.39, 0.29) is 0 Å². The van der Waals surface area contributed by atoms with E-state index in [2.05, 4.69) is 16.9 Å². The van der Waals surface area contributed by atoms with Crippen LogP contribution in [0.2, 0.25) is 5.02 Å². The van der Waals surface area contributed by atoms with E-state index in [1.807, 2.05) is 14.0 Å². The zero-order chi connectivity index (χ0) is 13.3. The third-order valence-electron chi connectivity index (χ3n) is 3.99. The Hall–Kier alpha value is -0.580. The van der Waals surface area contributed by atoms with Crippen molar-refractivity contribution in [3.05, 3.63) is 16.4 Å². The maximum absolute atomic E-state index is 10.7. The number of rotatable bonds is 3. The van der Waals surface area contributed by atoms with Crippen LogP contribution in [0.25, 0.3) is 0 Å². The highest BCUT2D eigenvalue weighted by Gasteiger charge is 2.33. The van der Waals surface area contributed by atoms with Gasteiger partial charge >= 0.3 is 0 Å². The summed E-state index contributed by atoms with van der Waals surface area (Å²) in [5.41, 5.74) is 1.15. The first kappa shape index (κ1) is 13.8. The molecule has 0 radical (unpaired) electrons. The maximum atomic E-state index is 10.7. The van der Waals surface area contributed by atoms with Crippen LogP contribution in [0, 0.1) is 6.92 Å². The molecule has 1 N–H and O–H groups in total. The van der Waals surface area contributed by atoms with Gasteiger partial charge in [-0.25, -0.2) is 0 Å². The lowest BCUT2D eigenvalue weighted by Crippen LogP contribution is -2.45. The first-order chi connectivity index (χ1) is 8.45. The van der Waals surface area contributed by atoms with E-state index in [4.69, 9.17) is 11.6 Å². The van der Waals surface area contributed by atoms with Crippen LogP contribution in [-0.4, -0.2) is 45.0 Å². The number of likely N-dealkylation sites (tertiary alicyclic amines) is 1. The molecule has 5 heteroatoms. The van der Waals surface area contributed by atoms with Gasteiger partial charge in [0.2, 0.25) is 0 Å². The molecule has 0 saturated carbocycles.